The molecule has 1 heterocycles. The van der Waals surface area contributed by atoms with E-state index >= 15 is 0 Å². The Bertz CT molecular complexity index is 1090. The normalized spacial score (nSPS) is 14.9. The molecule has 1 atom stereocenters. The second-order valence-corrected chi connectivity index (χ2v) is 7.28. The predicted molar refractivity (Wildman–Crippen MR) is 115 cm³/mol. The number of ether oxygens (including phenoxy) is 5. The van der Waals surface area contributed by atoms with Crippen molar-refractivity contribution in [1.82, 2.24) is 0 Å². The molecule has 7 heteroatoms. The van der Waals surface area contributed by atoms with Gasteiger partial charge in [0.2, 0.25) is 5.75 Å². The lowest BCUT2D eigenvalue weighted by Gasteiger charge is -2.26. The van der Waals surface area contributed by atoms with E-state index in [1.54, 1.807) is 35.5 Å². The smallest absolute Gasteiger partial charge is 0.203 e. The Kier molecular flexibility index (Phi) is 7.03. The Morgan fingerprint density at radius 1 is 0.742 bits per heavy atom. The van der Waals surface area contributed by atoms with Gasteiger partial charge in [0.1, 0.15) is 6.04 Å². The molecular formula is C24H28ClNO5. The van der Waals surface area contributed by atoms with Crippen molar-refractivity contribution in [1.29, 1.82) is 0 Å². The molecule has 0 amide bonds. The highest BCUT2D eigenvalue weighted by molar-refractivity contribution is 5.93. The van der Waals surface area contributed by atoms with Crippen LogP contribution in [0.15, 0.2) is 36.4 Å². The van der Waals surface area contributed by atoms with Crippen LogP contribution in [-0.2, 0) is 6.42 Å². The molecule has 1 aliphatic rings. The first-order chi connectivity index (χ1) is 14.6. The van der Waals surface area contributed by atoms with Crippen molar-refractivity contribution in [3.05, 3.63) is 53.1 Å². The van der Waals surface area contributed by atoms with Crippen LogP contribution in [0.5, 0.6) is 28.7 Å². The molecule has 0 saturated carbocycles. The first-order valence-corrected chi connectivity index (χ1v) is 9.95. The molecule has 0 aliphatic carbocycles. The number of methoxy groups -OCH3 is 5. The fraction of sp³-hybridized carbons (Fsp3) is 0.333. The number of benzene rings is 3. The van der Waals surface area contributed by atoms with Crippen molar-refractivity contribution < 1.29 is 41.4 Å². The fourth-order valence-electron chi connectivity index (χ4n) is 4.38. The average Bonchev–Trinajstić information content (AvgIpc) is 2.80. The van der Waals surface area contributed by atoms with E-state index in [1.807, 2.05) is 6.07 Å². The maximum atomic E-state index is 5.65. The Morgan fingerprint density at radius 3 is 2.06 bits per heavy atom. The number of rotatable bonds is 6. The summed E-state index contributed by atoms with van der Waals surface area (Å²) in [5, 5.41) is 4.40. The van der Waals surface area contributed by atoms with Gasteiger partial charge in [0.15, 0.2) is 23.0 Å². The number of quaternary nitrogens is 1. The third kappa shape index (κ3) is 3.93. The van der Waals surface area contributed by atoms with E-state index in [2.05, 4.69) is 35.6 Å². The molecule has 0 fully saturated rings. The van der Waals surface area contributed by atoms with E-state index < -0.39 is 0 Å². The fourth-order valence-corrected chi connectivity index (χ4v) is 4.38. The van der Waals surface area contributed by atoms with E-state index in [-0.39, 0.29) is 18.4 Å². The highest BCUT2D eigenvalue weighted by Gasteiger charge is 2.28. The van der Waals surface area contributed by atoms with Gasteiger partial charge in [-0.1, -0.05) is 6.07 Å². The Hall–Kier alpha value is -2.83. The molecule has 2 N–H and O–H groups in total. The van der Waals surface area contributed by atoms with Crippen LogP contribution in [0.2, 0.25) is 0 Å². The first kappa shape index (κ1) is 22.8. The van der Waals surface area contributed by atoms with Gasteiger partial charge in [0.25, 0.3) is 0 Å². The van der Waals surface area contributed by atoms with Crippen LogP contribution in [-0.4, -0.2) is 42.1 Å². The minimum Gasteiger partial charge on any atom is -1.00 e. The molecule has 166 valence electrons. The van der Waals surface area contributed by atoms with Crippen molar-refractivity contribution in [3.8, 4) is 28.7 Å². The Morgan fingerprint density at radius 2 is 1.42 bits per heavy atom. The minimum atomic E-state index is 0. The second-order valence-electron chi connectivity index (χ2n) is 7.28. The standard InChI is InChI=1S/C24H27NO5.ClH/c1-26-19-11-14-8-9-25-22(18(14)13-20(19)27-2)15-6-7-17-16(10-15)12-21(28-3)24(30-5)23(17)29-4;/h6-7,10-13,22,25H,8-9H2,1-5H3;1H. The minimum absolute atomic E-state index is 0. The summed E-state index contributed by atoms with van der Waals surface area (Å²) in [6.45, 7) is 1.01. The van der Waals surface area contributed by atoms with Crippen LogP contribution in [0.25, 0.3) is 10.8 Å². The third-order valence-electron chi connectivity index (χ3n) is 5.82. The Labute approximate surface area is 188 Å². The molecule has 0 saturated heterocycles. The van der Waals surface area contributed by atoms with Crippen LogP contribution in [0.4, 0.5) is 0 Å². The van der Waals surface area contributed by atoms with Gasteiger partial charge in [-0.3, -0.25) is 0 Å². The van der Waals surface area contributed by atoms with Crippen molar-refractivity contribution in [2.24, 2.45) is 0 Å². The van der Waals surface area contributed by atoms with Crippen molar-refractivity contribution in [2.45, 2.75) is 12.5 Å². The molecule has 4 rings (SSSR count). The van der Waals surface area contributed by atoms with E-state index in [0.717, 1.165) is 35.2 Å². The SMILES string of the molecule is COc1cc2c(cc1OC)C(c1ccc3c(OC)c(OC)c(OC)cc3c1)[NH2+]CC2.[Cl-]. The summed E-state index contributed by atoms with van der Waals surface area (Å²) in [5.74, 6) is 3.46. The predicted octanol–water partition coefficient (Wildman–Crippen LogP) is 0.0957. The largest absolute Gasteiger partial charge is 1.00 e. The van der Waals surface area contributed by atoms with Crippen molar-refractivity contribution in [3.63, 3.8) is 0 Å². The summed E-state index contributed by atoms with van der Waals surface area (Å²) in [5.41, 5.74) is 3.76. The molecule has 6 nitrogen and oxygen atoms in total. The van der Waals surface area contributed by atoms with Gasteiger partial charge in [-0.05, 0) is 41.3 Å². The molecule has 0 bridgehead atoms. The summed E-state index contributed by atoms with van der Waals surface area (Å²) < 4.78 is 27.8. The first-order valence-electron chi connectivity index (χ1n) is 9.95. The van der Waals surface area contributed by atoms with Crippen LogP contribution < -0.4 is 41.4 Å². The number of hydrogen-bond acceptors (Lipinski definition) is 5. The van der Waals surface area contributed by atoms with Gasteiger partial charge in [-0.25, -0.2) is 0 Å². The number of nitrogens with two attached hydrogens (primary N) is 1. The lowest BCUT2D eigenvalue weighted by Crippen LogP contribution is -3.00. The lowest BCUT2D eigenvalue weighted by molar-refractivity contribution is -0.690. The molecule has 0 aromatic heterocycles. The molecular weight excluding hydrogens is 418 g/mol. The number of hydrogen-bond donors (Lipinski definition) is 1. The van der Waals surface area contributed by atoms with Gasteiger partial charge in [0, 0.05) is 22.9 Å². The topological polar surface area (TPSA) is 62.8 Å². The zero-order valence-corrected chi connectivity index (χ0v) is 19.2. The molecule has 3 aromatic carbocycles. The molecule has 0 spiro atoms. The quantitative estimate of drug-likeness (QED) is 0.583. The monoisotopic (exact) mass is 445 g/mol. The molecule has 31 heavy (non-hydrogen) atoms. The summed E-state index contributed by atoms with van der Waals surface area (Å²) in [6.07, 6.45) is 0.999. The zero-order chi connectivity index (χ0) is 21.3. The van der Waals surface area contributed by atoms with E-state index in [1.165, 1.54) is 16.7 Å². The van der Waals surface area contributed by atoms with Crippen LogP contribution in [0.1, 0.15) is 22.7 Å². The van der Waals surface area contributed by atoms with Gasteiger partial charge in [0.05, 0.1) is 42.1 Å². The molecule has 3 aromatic rings. The van der Waals surface area contributed by atoms with Crippen LogP contribution >= 0.6 is 0 Å². The van der Waals surface area contributed by atoms with Crippen molar-refractivity contribution >= 4 is 10.8 Å². The summed E-state index contributed by atoms with van der Waals surface area (Å²) >= 11 is 0. The summed E-state index contributed by atoms with van der Waals surface area (Å²) in [7, 11) is 8.26. The Balaban J connectivity index is 0.00000272. The maximum Gasteiger partial charge on any atom is 0.203 e. The van der Waals surface area contributed by atoms with Gasteiger partial charge in [-0.2, -0.15) is 0 Å². The highest BCUT2D eigenvalue weighted by Crippen LogP contribution is 2.44. The van der Waals surface area contributed by atoms with Crippen LogP contribution in [0, 0.1) is 0 Å². The van der Waals surface area contributed by atoms with Crippen molar-refractivity contribution in [2.75, 3.05) is 42.1 Å². The molecule has 1 aliphatic heterocycles. The maximum absolute atomic E-state index is 5.65. The molecule has 1 unspecified atom stereocenters. The third-order valence-corrected chi connectivity index (χ3v) is 5.82. The van der Waals surface area contributed by atoms with Gasteiger partial charge in [-0.15, -0.1) is 0 Å². The average molecular weight is 446 g/mol. The second kappa shape index (κ2) is 9.54. The highest BCUT2D eigenvalue weighted by atomic mass is 35.5. The zero-order valence-electron chi connectivity index (χ0n) is 18.5. The number of halogens is 1. The van der Waals surface area contributed by atoms with Gasteiger partial charge < -0.3 is 41.4 Å². The number of fused-ring (bicyclic) bond motifs is 2. The van der Waals surface area contributed by atoms with Crippen LogP contribution in [0.3, 0.4) is 0 Å². The van der Waals surface area contributed by atoms with E-state index in [0.29, 0.717) is 17.2 Å². The van der Waals surface area contributed by atoms with Gasteiger partial charge >= 0.3 is 0 Å². The van der Waals surface area contributed by atoms with E-state index in [4.69, 9.17) is 23.7 Å². The van der Waals surface area contributed by atoms with E-state index in [9.17, 15) is 0 Å². The molecule has 0 radical (unpaired) electrons. The summed E-state index contributed by atoms with van der Waals surface area (Å²) in [6, 6.07) is 12.8. The summed E-state index contributed by atoms with van der Waals surface area (Å²) in [4.78, 5) is 0. The lowest BCUT2D eigenvalue weighted by atomic mass is 9.88.